The minimum Gasteiger partial charge on any atom is -0.822 e. The molecule has 0 aliphatic rings. The van der Waals surface area contributed by atoms with Gasteiger partial charge in [-0.25, -0.2) is 0 Å². The molecule has 0 atom stereocenters. The topological polar surface area (TPSA) is 118 Å². The molecule has 0 unspecified atom stereocenters. The van der Waals surface area contributed by atoms with Crippen LogP contribution in [0.2, 0.25) is 0 Å². The summed E-state index contributed by atoms with van der Waals surface area (Å²) >= 11 is 0. The van der Waals surface area contributed by atoms with Gasteiger partial charge in [0, 0.05) is 30.9 Å². The molecule has 0 amide bonds. The van der Waals surface area contributed by atoms with Crippen molar-refractivity contribution < 1.29 is 19.2 Å². The average molecular weight is 333 g/mol. The van der Waals surface area contributed by atoms with Crippen LogP contribution in [0.4, 0.5) is 11.4 Å². The summed E-state index contributed by atoms with van der Waals surface area (Å²) in [5.41, 5.74) is 3.00. The van der Waals surface area contributed by atoms with Crippen LogP contribution in [0.15, 0.2) is 54.6 Å². The van der Waals surface area contributed by atoms with Crippen molar-refractivity contribution in [1.29, 1.82) is 5.39 Å². The van der Waals surface area contributed by atoms with E-state index in [1.54, 1.807) is 0 Å². The quantitative estimate of drug-likeness (QED) is 0.616. The van der Waals surface area contributed by atoms with Crippen molar-refractivity contribution in [2.75, 3.05) is 11.4 Å². The van der Waals surface area contributed by atoms with E-state index in [4.69, 9.17) is 24.6 Å². The van der Waals surface area contributed by atoms with E-state index in [9.17, 15) is 0 Å². The van der Waals surface area contributed by atoms with Crippen LogP contribution in [-0.2, 0) is 11.1 Å². The molecule has 0 saturated heterocycles. The number of nitrogens with zero attached hydrogens (tertiary/aromatic N) is 3. The van der Waals surface area contributed by atoms with Crippen LogP contribution < -0.4 is 19.6 Å². The highest BCUT2D eigenvalue weighted by Crippen LogP contribution is 2.21. The highest BCUT2D eigenvalue weighted by molar-refractivity contribution is 7.40. The van der Waals surface area contributed by atoms with Gasteiger partial charge in [-0.05, 0) is 24.6 Å². The Morgan fingerprint density at radius 3 is 2.00 bits per heavy atom. The van der Waals surface area contributed by atoms with Gasteiger partial charge < -0.3 is 24.1 Å². The lowest BCUT2D eigenvalue weighted by molar-refractivity contribution is -0.432. The van der Waals surface area contributed by atoms with Crippen molar-refractivity contribution >= 4 is 19.2 Å². The van der Waals surface area contributed by atoms with E-state index in [1.807, 2.05) is 30.3 Å². The largest absolute Gasteiger partial charge is 0.822 e. The Morgan fingerprint density at radius 2 is 1.57 bits per heavy atom. The molecule has 0 radical (unpaired) electrons. The van der Waals surface area contributed by atoms with Crippen molar-refractivity contribution in [3.63, 3.8) is 0 Å². The normalized spacial score (nSPS) is 10.2. The maximum atomic E-state index is 8.67. The predicted molar refractivity (Wildman–Crippen MR) is 82.0 cm³/mol. The Hall–Kier alpha value is -2.23. The zero-order valence-corrected chi connectivity index (χ0v) is 13.4. The van der Waals surface area contributed by atoms with E-state index in [2.05, 4.69) is 41.1 Å². The van der Waals surface area contributed by atoms with E-state index < -0.39 is 7.82 Å². The Balaban J connectivity index is 0.000000463. The molecule has 2 rings (SSSR count). The summed E-state index contributed by atoms with van der Waals surface area (Å²) in [7, 11) is -5.39. The third-order valence-electron chi connectivity index (χ3n) is 2.93. The predicted octanol–water partition coefficient (Wildman–Crippen LogP) is 1.37. The number of rotatable bonds is 4. The van der Waals surface area contributed by atoms with Crippen LogP contribution in [0, 0.1) is 5.39 Å². The number of benzene rings is 2. The molecular weight excluding hydrogens is 317 g/mol. The maximum Gasteiger partial charge on any atom is 0.385 e. The lowest BCUT2D eigenvalue weighted by Crippen LogP contribution is -2.24. The highest BCUT2D eigenvalue weighted by atomic mass is 31.2. The van der Waals surface area contributed by atoms with Gasteiger partial charge in [0.05, 0.1) is 0 Å². The van der Waals surface area contributed by atoms with E-state index in [0.717, 1.165) is 18.8 Å². The molecule has 0 N–H and O–H groups in total. The van der Waals surface area contributed by atoms with Gasteiger partial charge in [0.1, 0.15) is 0 Å². The van der Waals surface area contributed by atoms with Crippen molar-refractivity contribution in [3.8, 4) is 0 Å². The summed E-state index contributed by atoms with van der Waals surface area (Å²) in [6, 6.07) is 17.9. The van der Waals surface area contributed by atoms with E-state index in [-0.39, 0.29) is 0 Å². The minimum atomic E-state index is -5.39. The third kappa shape index (κ3) is 8.10. The van der Waals surface area contributed by atoms with Crippen LogP contribution in [0.3, 0.4) is 0 Å². The van der Waals surface area contributed by atoms with Crippen LogP contribution in [0.1, 0.15) is 12.5 Å². The summed E-state index contributed by atoms with van der Waals surface area (Å²) in [4.78, 5) is 31.1. The fraction of sp³-hybridized carbons (Fsp3) is 0.200. The fourth-order valence-electron chi connectivity index (χ4n) is 1.92. The van der Waals surface area contributed by atoms with Gasteiger partial charge >= 0.3 is 5.69 Å². The molecule has 2 aromatic rings. The Kier molecular flexibility index (Phi) is 7.39. The first kappa shape index (κ1) is 18.8. The lowest BCUT2D eigenvalue weighted by Gasteiger charge is -2.36. The molecule has 0 aliphatic heterocycles. The van der Waals surface area contributed by atoms with E-state index >= 15 is 0 Å². The molecule has 23 heavy (non-hydrogen) atoms. The molecule has 0 bridgehead atoms. The van der Waals surface area contributed by atoms with Crippen LogP contribution in [0.25, 0.3) is 4.98 Å². The number of anilines is 1. The molecule has 8 heteroatoms. The molecule has 0 spiro atoms. The lowest BCUT2D eigenvalue weighted by atomic mass is 10.2. The number of diazo groups is 1. The van der Waals surface area contributed by atoms with Gasteiger partial charge in [-0.2, -0.15) is 7.82 Å². The van der Waals surface area contributed by atoms with Crippen molar-refractivity contribution in [2.24, 2.45) is 0 Å². The first-order valence-corrected chi connectivity index (χ1v) is 8.26. The first-order chi connectivity index (χ1) is 10.8. The monoisotopic (exact) mass is 333 g/mol. The average Bonchev–Trinajstić information content (AvgIpc) is 2.52. The molecule has 0 saturated carbocycles. The zero-order valence-electron chi connectivity index (χ0n) is 12.5. The molecule has 0 heterocycles. The Morgan fingerprint density at radius 1 is 1.04 bits per heavy atom. The summed E-state index contributed by atoms with van der Waals surface area (Å²) in [6.07, 6.45) is 0. The van der Waals surface area contributed by atoms with Gasteiger partial charge in [0.15, 0.2) is 4.98 Å². The smallest absolute Gasteiger partial charge is 0.385 e. The summed E-state index contributed by atoms with van der Waals surface area (Å²) in [5, 5.41) is 8.67. The van der Waals surface area contributed by atoms with Gasteiger partial charge in [-0.15, -0.1) is 0 Å². The standard InChI is InChI=1S/C15H16N3.H3O4P/c1-2-18(12-13-6-4-3-5-7-13)15-10-8-14(17-16)9-11-15;1-5(2,3)4/h3-11H,2,12H2,1H3;(H3,1,2,3,4)/q+1;/p-3. The van der Waals surface area contributed by atoms with Crippen LogP contribution in [0.5, 0.6) is 0 Å². The second kappa shape index (κ2) is 9.03. The van der Waals surface area contributed by atoms with Crippen molar-refractivity contribution in [2.45, 2.75) is 13.5 Å². The molecule has 7 nitrogen and oxygen atoms in total. The molecular formula is C15H16N3O4P-2. The second-order valence-corrected chi connectivity index (χ2v) is 5.46. The Bertz CT molecular complexity index is 672. The SMILES string of the molecule is CCN(Cc1ccccc1)c1ccc([N+]#N)cc1.O=P([O-])([O-])[O-]. The first-order valence-electron chi connectivity index (χ1n) is 6.80. The molecule has 2 aromatic carbocycles. The minimum absolute atomic E-state index is 0.578. The summed E-state index contributed by atoms with van der Waals surface area (Å²) < 4.78 is 8.55. The molecule has 0 fully saturated rings. The van der Waals surface area contributed by atoms with Gasteiger partial charge in [-0.1, -0.05) is 30.3 Å². The zero-order chi connectivity index (χ0) is 17.3. The van der Waals surface area contributed by atoms with Gasteiger partial charge in [-0.3, -0.25) is 0 Å². The van der Waals surface area contributed by atoms with Crippen molar-refractivity contribution in [1.82, 2.24) is 0 Å². The number of phosphoric acid groups is 1. The number of hydrogen-bond acceptors (Lipinski definition) is 6. The van der Waals surface area contributed by atoms with Crippen LogP contribution >= 0.6 is 7.82 Å². The van der Waals surface area contributed by atoms with E-state index in [0.29, 0.717) is 5.69 Å². The summed E-state index contributed by atoms with van der Waals surface area (Å²) in [6.45, 7) is 3.95. The molecule has 0 aliphatic carbocycles. The van der Waals surface area contributed by atoms with Gasteiger partial charge in [0.25, 0.3) is 0 Å². The summed E-state index contributed by atoms with van der Waals surface area (Å²) in [5.74, 6) is 0. The molecule has 122 valence electrons. The maximum absolute atomic E-state index is 8.67. The second-order valence-electron chi connectivity index (χ2n) is 4.56. The highest BCUT2D eigenvalue weighted by Gasteiger charge is 2.08. The van der Waals surface area contributed by atoms with Gasteiger partial charge in [0.2, 0.25) is 5.39 Å². The number of hydrogen-bond donors (Lipinski definition) is 0. The molecule has 0 aromatic heterocycles. The van der Waals surface area contributed by atoms with E-state index in [1.165, 1.54) is 5.56 Å². The van der Waals surface area contributed by atoms with Crippen molar-refractivity contribution in [3.05, 3.63) is 65.1 Å². The third-order valence-corrected chi connectivity index (χ3v) is 2.93. The van der Waals surface area contributed by atoms with Crippen LogP contribution in [-0.4, -0.2) is 6.54 Å². The Labute approximate surface area is 134 Å². The fourth-order valence-corrected chi connectivity index (χ4v) is 1.92.